The standard InChI is InChI=1S/C24H19ClN8O2S2/c25-12-8-6-11(7-9-12)18-14(10-33(32-18)13-4-2-1-3-5-13)15(16-19(26)28-23(36)30-21(16)34)17-20(27)29-24(37)31-22(17)35/h1-10,15H,(H4,26,28,30,34,36)(H4,27,29,31,35,37). The number of aromatic amines is 4. The molecule has 2 aromatic carbocycles. The number of benzene rings is 2. The highest BCUT2D eigenvalue weighted by Crippen LogP contribution is 2.38. The van der Waals surface area contributed by atoms with Gasteiger partial charge in [0, 0.05) is 22.3 Å². The lowest BCUT2D eigenvalue weighted by molar-refractivity contribution is 0.871. The third kappa shape index (κ3) is 4.65. The highest BCUT2D eigenvalue weighted by Gasteiger charge is 2.32. The van der Waals surface area contributed by atoms with Crippen LogP contribution in [-0.4, -0.2) is 29.7 Å². The number of nitrogens with two attached hydrogens (primary N) is 2. The number of hydrogen-bond donors (Lipinski definition) is 6. The molecule has 0 aliphatic heterocycles. The Morgan fingerprint density at radius 2 is 1.35 bits per heavy atom. The van der Waals surface area contributed by atoms with Gasteiger partial charge in [-0.15, -0.1) is 0 Å². The number of halogens is 1. The van der Waals surface area contributed by atoms with Crippen LogP contribution in [-0.2, 0) is 0 Å². The molecule has 0 bridgehead atoms. The molecule has 0 atom stereocenters. The molecule has 37 heavy (non-hydrogen) atoms. The van der Waals surface area contributed by atoms with Crippen LogP contribution in [0.3, 0.4) is 0 Å². The van der Waals surface area contributed by atoms with Crippen molar-refractivity contribution in [1.82, 2.24) is 29.7 Å². The SMILES string of the molecule is Nc1[nH]c(=S)[nH]c(=O)c1C(c1cn(-c2ccccc2)nc1-c1ccc(Cl)cc1)c1c(N)[nH]c(=S)[nH]c1=O. The van der Waals surface area contributed by atoms with E-state index in [0.717, 1.165) is 5.69 Å². The van der Waals surface area contributed by atoms with Crippen LogP contribution in [0.2, 0.25) is 5.02 Å². The molecule has 3 heterocycles. The van der Waals surface area contributed by atoms with Crippen molar-refractivity contribution in [1.29, 1.82) is 0 Å². The number of aromatic nitrogens is 6. The fourth-order valence-electron chi connectivity index (χ4n) is 4.20. The maximum atomic E-state index is 13.3. The molecule has 0 saturated heterocycles. The van der Waals surface area contributed by atoms with Gasteiger partial charge in [0.15, 0.2) is 9.54 Å². The minimum atomic E-state index is -1.06. The predicted octanol–water partition coefficient (Wildman–Crippen LogP) is 4.03. The number of anilines is 2. The van der Waals surface area contributed by atoms with E-state index in [1.54, 1.807) is 35.1 Å². The van der Waals surface area contributed by atoms with Gasteiger partial charge in [-0.3, -0.25) is 19.6 Å². The van der Waals surface area contributed by atoms with Crippen LogP contribution < -0.4 is 22.6 Å². The van der Waals surface area contributed by atoms with Crippen molar-refractivity contribution in [3.8, 4) is 16.9 Å². The van der Waals surface area contributed by atoms with E-state index < -0.39 is 17.0 Å². The van der Waals surface area contributed by atoms with Crippen molar-refractivity contribution >= 4 is 47.7 Å². The Morgan fingerprint density at radius 1 is 0.811 bits per heavy atom. The summed E-state index contributed by atoms with van der Waals surface area (Å²) in [5.74, 6) is -1.10. The average Bonchev–Trinajstić information content (AvgIpc) is 3.28. The minimum Gasteiger partial charge on any atom is -0.385 e. The summed E-state index contributed by atoms with van der Waals surface area (Å²) in [6.45, 7) is 0. The Kier molecular flexibility index (Phi) is 6.38. The Hall–Kier alpha value is -4.26. The van der Waals surface area contributed by atoms with E-state index in [-0.39, 0.29) is 32.3 Å². The molecular formula is C24H19ClN8O2S2. The Bertz CT molecular complexity index is 1780. The smallest absolute Gasteiger partial charge is 0.257 e. The quantitative estimate of drug-likeness (QED) is 0.180. The van der Waals surface area contributed by atoms with E-state index in [0.29, 0.717) is 21.8 Å². The van der Waals surface area contributed by atoms with Gasteiger partial charge in [0.1, 0.15) is 11.6 Å². The molecule has 10 nitrogen and oxygen atoms in total. The molecule has 0 fully saturated rings. The number of H-pyrrole nitrogens is 4. The van der Waals surface area contributed by atoms with Gasteiger partial charge in [0.05, 0.1) is 28.4 Å². The lowest BCUT2D eigenvalue weighted by Crippen LogP contribution is -2.28. The predicted molar refractivity (Wildman–Crippen MR) is 148 cm³/mol. The first-order valence-electron chi connectivity index (χ1n) is 10.9. The Balaban J connectivity index is 1.90. The van der Waals surface area contributed by atoms with E-state index in [1.165, 1.54) is 0 Å². The van der Waals surface area contributed by atoms with E-state index in [2.05, 4.69) is 19.9 Å². The Labute approximate surface area is 224 Å². The highest BCUT2D eigenvalue weighted by atomic mass is 35.5. The lowest BCUT2D eigenvalue weighted by Gasteiger charge is -2.19. The van der Waals surface area contributed by atoms with Crippen LogP contribution in [0.5, 0.6) is 0 Å². The summed E-state index contributed by atoms with van der Waals surface area (Å²) in [6, 6.07) is 16.4. The zero-order valence-electron chi connectivity index (χ0n) is 18.9. The third-order valence-corrected chi connectivity index (χ3v) is 6.45. The van der Waals surface area contributed by atoms with Gasteiger partial charge < -0.3 is 21.4 Å². The summed E-state index contributed by atoms with van der Waals surface area (Å²) in [6.07, 6.45) is 1.73. The zero-order valence-corrected chi connectivity index (χ0v) is 21.3. The fraction of sp³-hybridized carbons (Fsp3) is 0.0417. The molecule has 0 unspecified atom stereocenters. The maximum Gasteiger partial charge on any atom is 0.257 e. The highest BCUT2D eigenvalue weighted by molar-refractivity contribution is 7.71. The van der Waals surface area contributed by atoms with Gasteiger partial charge >= 0.3 is 0 Å². The second-order valence-corrected chi connectivity index (χ2v) is 9.38. The first kappa shape index (κ1) is 24.4. The number of nitrogens with one attached hydrogen (secondary N) is 4. The molecule has 0 aliphatic carbocycles. The van der Waals surface area contributed by atoms with Gasteiger partial charge in [-0.2, -0.15) is 5.10 Å². The monoisotopic (exact) mass is 550 g/mol. The molecule has 186 valence electrons. The molecular weight excluding hydrogens is 532 g/mol. The van der Waals surface area contributed by atoms with Gasteiger partial charge in [-0.1, -0.05) is 41.9 Å². The van der Waals surface area contributed by atoms with E-state index in [9.17, 15) is 9.59 Å². The topological polar surface area (TPSA) is 167 Å². The van der Waals surface area contributed by atoms with Crippen molar-refractivity contribution in [2.24, 2.45) is 0 Å². The van der Waals surface area contributed by atoms with Gasteiger partial charge in [0.2, 0.25) is 0 Å². The molecule has 0 radical (unpaired) electrons. The first-order valence-corrected chi connectivity index (χ1v) is 12.1. The average molecular weight is 551 g/mol. The molecule has 5 rings (SSSR count). The summed E-state index contributed by atoms with van der Waals surface area (Å²) in [4.78, 5) is 37.1. The van der Waals surface area contributed by atoms with E-state index in [1.807, 2.05) is 30.3 Å². The van der Waals surface area contributed by atoms with Gasteiger partial charge in [-0.25, -0.2) is 4.68 Å². The van der Waals surface area contributed by atoms with Crippen molar-refractivity contribution < 1.29 is 0 Å². The van der Waals surface area contributed by atoms with Crippen LogP contribution in [0.25, 0.3) is 16.9 Å². The van der Waals surface area contributed by atoms with Crippen molar-refractivity contribution in [3.63, 3.8) is 0 Å². The molecule has 0 saturated carbocycles. The van der Waals surface area contributed by atoms with Gasteiger partial charge in [-0.05, 0) is 48.7 Å². The van der Waals surface area contributed by atoms with E-state index >= 15 is 0 Å². The first-order chi connectivity index (χ1) is 17.7. The fourth-order valence-corrected chi connectivity index (χ4v) is 4.73. The molecule has 0 amide bonds. The maximum absolute atomic E-state index is 13.3. The normalized spacial score (nSPS) is 11.2. The molecule has 3 aromatic heterocycles. The molecule has 5 aromatic rings. The number of nitrogens with zero attached hydrogens (tertiary/aromatic N) is 2. The second-order valence-electron chi connectivity index (χ2n) is 8.12. The summed E-state index contributed by atoms with van der Waals surface area (Å²) < 4.78 is 1.73. The largest absolute Gasteiger partial charge is 0.385 e. The van der Waals surface area contributed by atoms with Gasteiger partial charge in [0.25, 0.3) is 11.1 Å². The van der Waals surface area contributed by atoms with Crippen molar-refractivity contribution in [2.45, 2.75) is 5.92 Å². The molecule has 8 N–H and O–H groups in total. The van der Waals surface area contributed by atoms with Crippen molar-refractivity contribution in [2.75, 3.05) is 11.5 Å². The summed E-state index contributed by atoms with van der Waals surface area (Å²) in [7, 11) is 0. The van der Waals surface area contributed by atoms with Crippen molar-refractivity contribution in [3.05, 3.63) is 113 Å². The number of nitrogen functional groups attached to an aromatic ring is 2. The number of hydrogen-bond acceptors (Lipinski definition) is 7. The van der Waals surface area contributed by atoms with Crippen LogP contribution >= 0.6 is 36.0 Å². The van der Waals surface area contributed by atoms with E-state index in [4.69, 9.17) is 52.6 Å². The summed E-state index contributed by atoms with van der Waals surface area (Å²) >= 11 is 16.3. The lowest BCUT2D eigenvalue weighted by atomic mass is 9.85. The summed E-state index contributed by atoms with van der Waals surface area (Å²) in [5.41, 5.74) is 13.9. The minimum absolute atomic E-state index is 0.0190. The van der Waals surface area contributed by atoms with Crippen LogP contribution in [0.1, 0.15) is 22.6 Å². The van der Waals surface area contributed by atoms with Crippen LogP contribution in [0.15, 0.2) is 70.4 Å². The third-order valence-electron chi connectivity index (χ3n) is 5.79. The van der Waals surface area contributed by atoms with Crippen LogP contribution in [0, 0.1) is 9.54 Å². The summed E-state index contributed by atoms with van der Waals surface area (Å²) in [5, 5.41) is 5.35. The molecule has 0 spiro atoms. The number of rotatable bonds is 5. The second kappa shape index (κ2) is 9.65. The van der Waals surface area contributed by atoms with Crippen LogP contribution in [0.4, 0.5) is 11.6 Å². The number of para-hydroxylation sites is 1. The Morgan fingerprint density at radius 3 is 1.86 bits per heavy atom. The molecule has 0 aliphatic rings. The zero-order chi connectivity index (χ0) is 26.3. The molecule has 13 heteroatoms.